The third kappa shape index (κ3) is 5.09. The number of nitrogens with one attached hydrogen (secondary N) is 1. The normalized spacial score (nSPS) is 15.5. The Kier molecular flexibility index (Phi) is 7.05. The molecule has 1 aliphatic rings. The Morgan fingerprint density at radius 1 is 1.19 bits per heavy atom. The van der Waals surface area contributed by atoms with Crippen LogP contribution in [0.15, 0.2) is 41.3 Å². The van der Waals surface area contributed by atoms with Crippen LogP contribution in [0.3, 0.4) is 0 Å². The summed E-state index contributed by atoms with van der Waals surface area (Å²) in [7, 11) is -2.57. The number of hydrogen-bond donors (Lipinski definition) is 1. The number of halogens is 2. The molecule has 0 bridgehead atoms. The summed E-state index contributed by atoms with van der Waals surface area (Å²) in [4.78, 5) is 22.7. The lowest BCUT2D eigenvalue weighted by Crippen LogP contribution is -2.41. The summed E-state index contributed by atoms with van der Waals surface area (Å²) in [6.45, 7) is 0.151. The first-order valence-electron chi connectivity index (χ1n) is 9.22. The number of ether oxygens (including phenoxy) is 1. The Hall–Kier alpha value is -2.40. The molecule has 1 aliphatic heterocycles. The van der Waals surface area contributed by atoms with E-state index in [9.17, 15) is 23.3 Å². The number of carbonyl (C=O) groups excluding carboxylic acids is 1. The van der Waals surface area contributed by atoms with Crippen molar-refractivity contribution >= 4 is 50.5 Å². The zero-order chi connectivity index (χ0) is 22.8. The highest BCUT2D eigenvalue weighted by Crippen LogP contribution is 2.32. The summed E-state index contributed by atoms with van der Waals surface area (Å²) >= 11 is 12.0. The molecule has 1 N–H and O–H groups in total. The summed E-state index contributed by atoms with van der Waals surface area (Å²) in [6.07, 6.45) is 0.557. The van der Waals surface area contributed by atoms with E-state index in [2.05, 4.69) is 5.32 Å². The molecule has 3 rings (SSSR count). The van der Waals surface area contributed by atoms with E-state index >= 15 is 0 Å². The van der Waals surface area contributed by atoms with Gasteiger partial charge in [0.1, 0.15) is 10.6 Å². The SMILES string of the molecule is COc1ccc(Cl)cc1NC(=O)C1CCN(S(=O)(=O)c2cc([N+](=O)[O-])ccc2Cl)CC1. The van der Waals surface area contributed by atoms with E-state index in [1.54, 1.807) is 18.2 Å². The Morgan fingerprint density at radius 2 is 1.87 bits per heavy atom. The molecule has 2 aromatic rings. The van der Waals surface area contributed by atoms with Gasteiger partial charge in [-0.1, -0.05) is 23.2 Å². The van der Waals surface area contributed by atoms with Crippen LogP contribution in [0.25, 0.3) is 0 Å². The number of sulfonamides is 1. The topological polar surface area (TPSA) is 119 Å². The van der Waals surface area contributed by atoms with Gasteiger partial charge in [0.15, 0.2) is 0 Å². The number of nitrogens with zero attached hydrogens (tertiary/aromatic N) is 2. The van der Waals surface area contributed by atoms with E-state index in [-0.39, 0.29) is 47.4 Å². The van der Waals surface area contributed by atoms with Crippen molar-refractivity contribution in [3.63, 3.8) is 0 Å². The number of amides is 1. The molecule has 1 fully saturated rings. The zero-order valence-electron chi connectivity index (χ0n) is 16.4. The van der Waals surface area contributed by atoms with Gasteiger partial charge in [0.2, 0.25) is 15.9 Å². The molecule has 0 saturated carbocycles. The van der Waals surface area contributed by atoms with Crippen LogP contribution in [-0.4, -0.2) is 43.8 Å². The van der Waals surface area contributed by atoms with Gasteiger partial charge in [-0.25, -0.2) is 8.42 Å². The van der Waals surface area contributed by atoms with Crippen LogP contribution in [0.2, 0.25) is 10.0 Å². The molecule has 2 aromatic carbocycles. The third-order valence-corrected chi connectivity index (χ3v) is 7.60. The number of anilines is 1. The van der Waals surface area contributed by atoms with E-state index in [0.29, 0.717) is 16.5 Å². The molecule has 31 heavy (non-hydrogen) atoms. The number of benzene rings is 2. The van der Waals surface area contributed by atoms with E-state index in [4.69, 9.17) is 27.9 Å². The molecular formula is C19H19Cl2N3O6S. The van der Waals surface area contributed by atoms with Gasteiger partial charge < -0.3 is 10.1 Å². The molecule has 9 nitrogen and oxygen atoms in total. The van der Waals surface area contributed by atoms with Crippen LogP contribution in [0.4, 0.5) is 11.4 Å². The maximum atomic E-state index is 13.0. The fraction of sp³-hybridized carbons (Fsp3) is 0.316. The number of non-ortho nitro benzene ring substituents is 1. The van der Waals surface area contributed by atoms with Gasteiger partial charge in [0.05, 0.1) is 22.7 Å². The third-order valence-electron chi connectivity index (χ3n) is 4.99. The van der Waals surface area contributed by atoms with Crippen LogP contribution in [-0.2, 0) is 14.8 Å². The van der Waals surface area contributed by atoms with E-state index < -0.39 is 20.9 Å². The minimum absolute atomic E-state index is 0.0755. The van der Waals surface area contributed by atoms with Crippen LogP contribution in [0.5, 0.6) is 5.75 Å². The lowest BCUT2D eigenvalue weighted by Gasteiger charge is -2.30. The molecule has 0 aliphatic carbocycles. The summed E-state index contributed by atoms with van der Waals surface area (Å²) in [5.74, 6) is -0.236. The number of hydrogen-bond acceptors (Lipinski definition) is 6. The average Bonchev–Trinajstić information content (AvgIpc) is 2.74. The molecule has 1 saturated heterocycles. The van der Waals surface area contributed by atoms with Crippen molar-refractivity contribution in [2.45, 2.75) is 17.7 Å². The number of piperidine rings is 1. The number of nitro benzene ring substituents is 1. The Balaban J connectivity index is 1.71. The van der Waals surface area contributed by atoms with Gasteiger partial charge in [-0.2, -0.15) is 4.31 Å². The number of rotatable bonds is 6. The molecule has 0 radical (unpaired) electrons. The maximum Gasteiger partial charge on any atom is 0.270 e. The summed E-state index contributed by atoms with van der Waals surface area (Å²) in [5, 5.41) is 14.1. The van der Waals surface area contributed by atoms with Crippen molar-refractivity contribution < 1.29 is 22.9 Å². The fourth-order valence-corrected chi connectivity index (χ4v) is 5.45. The highest BCUT2D eigenvalue weighted by molar-refractivity contribution is 7.89. The highest BCUT2D eigenvalue weighted by Gasteiger charge is 2.34. The van der Waals surface area contributed by atoms with Gasteiger partial charge in [0, 0.05) is 36.2 Å². The Labute approximate surface area is 189 Å². The van der Waals surface area contributed by atoms with Crippen molar-refractivity contribution in [1.29, 1.82) is 0 Å². The van der Waals surface area contributed by atoms with Crippen molar-refractivity contribution in [2.75, 3.05) is 25.5 Å². The quantitative estimate of drug-likeness (QED) is 0.486. The first-order chi connectivity index (χ1) is 14.6. The second kappa shape index (κ2) is 9.39. The van der Waals surface area contributed by atoms with Gasteiger partial charge in [-0.05, 0) is 37.1 Å². The van der Waals surface area contributed by atoms with Gasteiger partial charge in [0.25, 0.3) is 5.69 Å². The smallest absolute Gasteiger partial charge is 0.270 e. The van der Waals surface area contributed by atoms with Crippen LogP contribution in [0.1, 0.15) is 12.8 Å². The molecule has 12 heteroatoms. The molecule has 0 unspecified atom stereocenters. The predicted octanol–water partition coefficient (Wildman–Crippen LogP) is 3.95. The van der Waals surface area contributed by atoms with Gasteiger partial charge in [-0.15, -0.1) is 0 Å². The lowest BCUT2D eigenvalue weighted by atomic mass is 9.97. The second-order valence-corrected chi connectivity index (χ2v) is 9.63. The molecule has 0 aromatic heterocycles. The molecule has 1 amide bonds. The van der Waals surface area contributed by atoms with Crippen molar-refractivity contribution in [1.82, 2.24) is 4.31 Å². The monoisotopic (exact) mass is 487 g/mol. The number of nitro groups is 1. The minimum Gasteiger partial charge on any atom is -0.495 e. The molecular weight excluding hydrogens is 469 g/mol. The summed E-state index contributed by atoms with van der Waals surface area (Å²) in [6, 6.07) is 8.12. The lowest BCUT2D eigenvalue weighted by molar-refractivity contribution is -0.385. The van der Waals surface area contributed by atoms with E-state index in [0.717, 1.165) is 12.1 Å². The number of carbonyl (C=O) groups is 1. The second-order valence-electron chi connectivity index (χ2n) is 6.88. The number of methoxy groups -OCH3 is 1. The van der Waals surface area contributed by atoms with E-state index in [1.165, 1.54) is 17.5 Å². The Morgan fingerprint density at radius 3 is 2.48 bits per heavy atom. The first kappa shape index (κ1) is 23.3. The Bertz CT molecular complexity index is 1120. The van der Waals surface area contributed by atoms with Crippen LogP contribution < -0.4 is 10.1 Å². The minimum atomic E-state index is -4.05. The largest absolute Gasteiger partial charge is 0.495 e. The average molecular weight is 488 g/mol. The summed E-state index contributed by atoms with van der Waals surface area (Å²) in [5.41, 5.74) is 0.0612. The maximum absolute atomic E-state index is 13.0. The molecule has 0 spiro atoms. The van der Waals surface area contributed by atoms with Crippen molar-refractivity contribution in [2.24, 2.45) is 5.92 Å². The molecule has 1 heterocycles. The molecule has 0 atom stereocenters. The van der Waals surface area contributed by atoms with Crippen molar-refractivity contribution in [3.05, 3.63) is 56.6 Å². The molecule has 166 valence electrons. The predicted molar refractivity (Wildman–Crippen MR) is 116 cm³/mol. The highest BCUT2D eigenvalue weighted by atomic mass is 35.5. The summed E-state index contributed by atoms with van der Waals surface area (Å²) < 4.78 is 32.3. The van der Waals surface area contributed by atoms with Gasteiger partial charge in [-0.3, -0.25) is 14.9 Å². The fourth-order valence-electron chi connectivity index (χ4n) is 3.31. The standard InChI is InChI=1S/C19H19Cl2N3O6S/c1-30-17-5-2-13(20)10-16(17)22-19(25)12-6-8-23(9-7-12)31(28,29)18-11-14(24(26)27)3-4-15(18)21/h2-5,10-12H,6-9H2,1H3,(H,22,25). The van der Waals surface area contributed by atoms with Crippen LogP contribution >= 0.6 is 23.2 Å². The van der Waals surface area contributed by atoms with E-state index in [1.807, 2.05) is 0 Å². The van der Waals surface area contributed by atoms with Crippen LogP contribution in [0, 0.1) is 16.0 Å². The van der Waals surface area contributed by atoms with Crippen molar-refractivity contribution in [3.8, 4) is 5.75 Å². The zero-order valence-corrected chi connectivity index (χ0v) is 18.7. The van der Waals surface area contributed by atoms with Gasteiger partial charge >= 0.3 is 0 Å². The first-order valence-corrected chi connectivity index (χ1v) is 11.4.